The summed E-state index contributed by atoms with van der Waals surface area (Å²) in [6, 6.07) is 6.49. The van der Waals surface area contributed by atoms with Crippen molar-refractivity contribution in [3.63, 3.8) is 0 Å². The van der Waals surface area contributed by atoms with Crippen molar-refractivity contribution in [1.82, 2.24) is 9.55 Å². The first-order valence-corrected chi connectivity index (χ1v) is 7.76. The van der Waals surface area contributed by atoms with Crippen LogP contribution in [0.1, 0.15) is 39.1 Å². The monoisotopic (exact) mass is 294 g/mol. The molecule has 1 aromatic carbocycles. The summed E-state index contributed by atoms with van der Waals surface area (Å²) < 4.78 is 7.71. The highest BCUT2D eigenvalue weighted by atomic mass is 35.5. The summed E-state index contributed by atoms with van der Waals surface area (Å²) in [5.74, 6) is 3.09. The Labute approximate surface area is 125 Å². The van der Waals surface area contributed by atoms with Gasteiger partial charge in [0.1, 0.15) is 11.6 Å². The minimum absolute atomic E-state index is 0.435. The van der Waals surface area contributed by atoms with Gasteiger partial charge in [0, 0.05) is 24.4 Å². The van der Waals surface area contributed by atoms with Crippen LogP contribution in [-0.2, 0) is 6.42 Å². The number of imidazole rings is 1. The van der Waals surface area contributed by atoms with Gasteiger partial charge in [-0.1, -0.05) is 20.8 Å². The lowest BCUT2D eigenvalue weighted by atomic mass is 10.0. The Morgan fingerprint density at radius 3 is 2.65 bits per heavy atom. The van der Waals surface area contributed by atoms with Gasteiger partial charge in [0.2, 0.25) is 0 Å². The molecule has 3 nitrogen and oxygen atoms in total. The zero-order chi connectivity index (χ0) is 14.7. The molecule has 20 heavy (non-hydrogen) atoms. The molecular formula is C16H23ClN2O. The van der Waals surface area contributed by atoms with E-state index in [9.17, 15) is 0 Å². The van der Waals surface area contributed by atoms with Crippen molar-refractivity contribution in [2.24, 2.45) is 5.92 Å². The fraction of sp³-hybridized carbons (Fsp3) is 0.562. The van der Waals surface area contributed by atoms with Gasteiger partial charge in [0.15, 0.2) is 0 Å². The molecule has 2 rings (SSSR count). The van der Waals surface area contributed by atoms with Crippen molar-refractivity contribution in [3.8, 4) is 5.75 Å². The van der Waals surface area contributed by atoms with Crippen molar-refractivity contribution in [2.75, 3.05) is 13.0 Å². The average Bonchev–Trinajstić information content (AvgIpc) is 2.77. The van der Waals surface area contributed by atoms with E-state index in [1.54, 1.807) is 7.11 Å². The third-order valence-corrected chi connectivity index (χ3v) is 4.00. The molecule has 0 radical (unpaired) electrons. The number of alkyl halides is 1. The predicted octanol–water partition coefficient (Wildman–Crippen LogP) is 4.43. The van der Waals surface area contributed by atoms with E-state index in [4.69, 9.17) is 21.3 Å². The van der Waals surface area contributed by atoms with Crippen LogP contribution in [0.5, 0.6) is 5.75 Å². The third-order valence-electron chi connectivity index (χ3n) is 3.81. The zero-order valence-corrected chi connectivity index (χ0v) is 13.4. The van der Waals surface area contributed by atoms with Gasteiger partial charge in [-0.25, -0.2) is 4.98 Å². The molecule has 0 spiro atoms. The second-order valence-corrected chi connectivity index (χ2v) is 5.79. The Morgan fingerprint density at radius 1 is 1.35 bits per heavy atom. The van der Waals surface area contributed by atoms with Gasteiger partial charge in [-0.15, -0.1) is 11.6 Å². The lowest BCUT2D eigenvalue weighted by molar-refractivity contribution is 0.364. The van der Waals surface area contributed by atoms with E-state index in [1.165, 1.54) is 0 Å². The van der Waals surface area contributed by atoms with Crippen molar-refractivity contribution < 1.29 is 4.74 Å². The van der Waals surface area contributed by atoms with Crippen LogP contribution in [0.25, 0.3) is 11.0 Å². The van der Waals surface area contributed by atoms with Gasteiger partial charge in [0.05, 0.1) is 18.1 Å². The van der Waals surface area contributed by atoms with Crippen LogP contribution in [0.4, 0.5) is 0 Å². The van der Waals surface area contributed by atoms with E-state index in [-0.39, 0.29) is 0 Å². The predicted molar refractivity (Wildman–Crippen MR) is 84.9 cm³/mol. The molecule has 0 aliphatic heterocycles. The summed E-state index contributed by atoms with van der Waals surface area (Å²) in [5.41, 5.74) is 2.16. The van der Waals surface area contributed by atoms with Crippen LogP contribution in [0.3, 0.4) is 0 Å². The number of hydrogen-bond acceptors (Lipinski definition) is 2. The highest BCUT2D eigenvalue weighted by Crippen LogP contribution is 2.30. The maximum absolute atomic E-state index is 5.94. The fourth-order valence-corrected chi connectivity index (χ4v) is 3.00. The first-order valence-electron chi connectivity index (χ1n) is 7.23. The quantitative estimate of drug-likeness (QED) is 0.737. The first-order chi connectivity index (χ1) is 9.62. The van der Waals surface area contributed by atoms with E-state index >= 15 is 0 Å². The molecule has 1 aromatic heterocycles. The van der Waals surface area contributed by atoms with E-state index in [1.807, 2.05) is 12.1 Å². The fourth-order valence-electron chi connectivity index (χ4n) is 2.83. The van der Waals surface area contributed by atoms with Gasteiger partial charge >= 0.3 is 0 Å². The summed E-state index contributed by atoms with van der Waals surface area (Å²) >= 11 is 5.94. The smallest absolute Gasteiger partial charge is 0.121 e. The first kappa shape index (κ1) is 15.2. The van der Waals surface area contributed by atoms with Crippen molar-refractivity contribution >= 4 is 22.6 Å². The number of aromatic nitrogens is 2. The van der Waals surface area contributed by atoms with Gasteiger partial charge in [-0.05, 0) is 24.5 Å². The normalized spacial score (nSPS) is 13.1. The number of fused-ring (bicyclic) bond motifs is 1. The number of methoxy groups -OCH3 is 1. The molecule has 0 saturated heterocycles. The summed E-state index contributed by atoms with van der Waals surface area (Å²) in [7, 11) is 1.70. The van der Waals surface area contributed by atoms with Crippen LogP contribution in [0.15, 0.2) is 18.2 Å². The van der Waals surface area contributed by atoms with Crippen molar-refractivity contribution in [2.45, 2.75) is 39.7 Å². The molecule has 0 fully saturated rings. The number of aryl methyl sites for hydroxylation is 1. The molecule has 1 atom stereocenters. The van der Waals surface area contributed by atoms with Crippen LogP contribution >= 0.6 is 11.6 Å². The lowest BCUT2D eigenvalue weighted by Crippen LogP contribution is -2.17. The topological polar surface area (TPSA) is 27.1 Å². The zero-order valence-electron chi connectivity index (χ0n) is 12.7. The maximum atomic E-state index is 5.94. The number of benzene rings is 1. The maximum Gasteiger partial charge on any atom is 0.121 e. The molecule has 0 amide bonds. The molecule has 1 heterocycles. The molecule has 2 aromatic rings. The molecule has 0 aliphatic rings. The third kappa shape index (κ3) is 2.78. The van der Waals surface area contributed by atoms with E-state index in [2.05, 4.69) is 31.4 Å². The number of halogens is 1. The minimum Gasteiger partial charge on any atom is -0.497 e. The Kier molecular flexibility index (Phi) is 4.92. The van der Waals surface area contributed by atoms with Gasteiger partial charge in [-0.3, -0.25) is 0 Å². The van der Waals surface area contributed by atoms with Crippen LogP contribution < -0.4 is 4.74 Å². The second-order valence-electron chi connectivity index (χ2n) is 5.41. The van der Waals surface area contributed by atoms with Gasteiger partial charge in [-0.2, -0.15) is 0 Å². The van der Waals surface area contributed by atoms with Gasteiger partial charge < -0.3 is 9.30 Å². The standard InChI is InChI=1S/C16H23ClN2O/c1-5-14(11(2)3)19-15-10-12(20-4)6-7-13(15)18-16(19)8-9-17/h6-7,10-11,14H,5,8-9H2,1-4H3. The van der Waals surface area contributed by atoms with Crippen molar-refractivity contribution in [1.29, 1.82) is 0 Å². The summed E-state index contributed by atoms with van der Waals surface area (Å²) in [6.45, 7) is 6.73. The minimum atomic E-state index is 0.435. The molecule has 1 unspecified atom stereocenters. The Balaban J connectivity index is 2.64. The highest BCUT2D eigenvalue weighted by molar-refractivity contribution is 6.17. The van der Waals surface area contributed by atoms with Crippen molar-refractivity contribution in [3.05, 3.63) is 24.0 Å². The molecule has 4 heteroatoms. The molecule has 0 N–H and O–H groups in total. The molecule has 0 bridgehead atoms. The molecule has 110 valence electrons. The van der Waals surface area contributed by atoms with E-state index in [0.29, 0.717) is 17.8 Å². The number of ether oxygens (including phenoxy) is 1. The van der Waals surface area contributed by atoms with Crippen LogP contribution in [0, 0.1) is 5.92 Å². The van der Waals surface area contributed by atoms with Crippen LogP contribution in [-0.4, -0.2) is 22.5 Å². The second kappa shape index (κ2) is 6.49. The molecule has 0 saturated carbocycles. The largest absolute Gasteiger partial charge is 0.497 e. The Morgan fingerprint density at radius 2 is 2.10 bits per heavy atom. The van der Waals surface area contributed by atoms with E-state index in [0.717, 1.165) is 35.4 Å². The molecular weight excluding hydrogens is 272 g/mol. The summed E-state index contributed by atoms with van der Waals surface area (Å²) in [4.78, 5) is 4.75. The lowest BCUT2D eigenvalue weighted by Gasteiger charge is -2.24. The SMILES string of the molecule is CCC(C(C)C)n1c(CCCl)nc2ccc(OC)cc21. The average molecular weight is 295 g/mol. The van der Waals surface area contributed by atoms with Gasteiger partial charge in [0.25, 0.3) is 0 Å². The number of hydrogen-bond donors (Lipinski definition) is 0. The Bertz CT molecular complexity index is 577. The number of rotatable bonds is 6. The summed E-state index contributed by atoms with van der Waals surface area (Å²) in [5, 5.41) is 0. The Hall–Kier alpha value is -1.22. The van der Waals surface area contributed by atoms with E-state index < -0.39 is 0 Å². The summed E-state index contributed by atoms with van der Waals surface area (Å²) in [6.07, 6.45) is 1.87. The highest BCUT2D eigenvalue weighted by Gasteiger charge is 2.20. The molecule has 0 aliphatic carbocycles. The number of nitrogens with zero attached hydrogens (tertiary/aromatic N) is 2. The van der Waals surface area contributed by atoms with Crippen LogP contribution in [0.2, 0.25) is 0 Å².